The molecule has 180 valence electrons. The van der Waals surface area contributed by atoms with E-state index in [1.54, 1.807) is 6.07 Å². The number of nitrogen functional groups attached to an aromatic ring is 1. The summed E-state index contributed by atoms with van der Waals surface area (Å²) in [6.45, 7) is 5.60. The summed E-state index contributed by atoms with van der Waals surface area (Å²) in [7, 11) is 3.30. The SMILES string of the molecule is COC(=O)c1cn(-c2cc(Nc3ncnc(Cl)c3N)c(N3C[C@@H](C)N(C)[C@@H](C)C3)cc2F)nn1. The number of aromatic nitrogens is 5. The molecule has 11 nitrogen and oxygen atoms in total. The molecule has 0 aliphatic carbocycles. The van der Waals surface area contributed by atoms with E-state index in [9.17, 15) is 4.79 Å². The van der Waals surface area contributed by atoms with Crippen LogP contribution in [0.3, 0.4) is 0 Å². The number of nitrogens with zero attached hydrogens (tertiary/aromatic N) is 7. The highest BCUT2D eigenvalue weighted by Gasteiger charge is 2.29. The fourth-order valence-electron chi connectivity index (χ4n) is 3.87. The van der Waals surface area contributed by atoms with Crippen molar-refractivity contribution in [2.24, 2.45) is 0 Å². The number of esters is 1. The molecular weight excluding hydrogens is 465 g/mol. The second-order valence-electron chi connectivity index (χ2n) is 8.18. The lowest BCUT2D eigenvalue weighted by molar-refractivity contribution is 0.0594. The van der Waals surface area contributed by atoms with Crippen molar-refractivity contribution in [1.29, 1.82) is 0 Å². The van der Waals surface area contributed by atoms with Crippen molar-refractivity contribution in [3.05, 3.63) is 41.3 Å². The normalized spacial score (nSPS) is 18.7. The Bertz CT molecular complexity index is 1210. The van der Waals surface area contributed by atoms with Crippen LogP contribution in [0, 0.1) is 5.82 Å². The van der Waals surface area contributed by atoms with Crippen LogP contribution in [0.25, 0.3) is 5.69 Å². The lowest BCUT2D eigenvalue weighted by Gasteiger charge is -2.44. The van der Waals surface area contributed by atoms with E-state index >= 15 is 4.39 Å². The molecule has 0 radical (unpaired) electrons. The first-order chi connectivity index (χ1) is 16.2. The monoisotopic (exact) mass is 489 g/mol. The van der Waals surface area contributed by atoms with E-state index in [2.05, 4.69) is 61.0 Å². The highest BCUT2D eigenvalue weighted by atomic mass is 35.5. The molecule has 0 spiro atoms. The van der Waals surface area contributed by atoms with Crippen molar-refractivity contribution in [3.8, 4) is 5.69 Å². The van der Waals surface area contributed by atoms with Crippen LogP contribution in [0.15, 0.2) is 24.7 Å². The maximum Gasteiger partial charge on any atom is 0.360 e. The van der Waals surface area contributed by atoms with Crippen LogP contribution in [0.1, 0.15) is 24.3 Å². The number of methoxy groups -OCH3 is 1. The summed E-state index contributed by atoms with van der Waals surface area (Å²) >= 11 is 6.06. The van der Waals surface area contributed by atoms with Crippen molar-refractivity contribution < 1.29 is 13.9 Å². The number of benzene rings is 1. The van der Waals surface area contributed by atoms with Gasteiger partial charge in [-0.05, 0) is 27.0 Å². The Morgan fingerprint density at radius 2 is 1.94 bits per heavy atom. The van der Waals surface area contributed by atoms with E-state index in [4.69, 9.17) is 17.3 Å². The number of likely N-dealkylation sites (N-methyl/N-ethyl adjacent to an activating group) is 1. The van der Waals surface area contributed by atoms with Crippen LogP contribution in [0.5, 0.6) is 0 Å². The number of hydrogen-bond donors (Lipinski definition) is 2. The Hall–Kier alpha value is -3.51. The van der Waals surface area contributed by atoms with E-state index in [0.717, 1.165) is 0 Å². The molecule has 2 atom stereocenters. The van der Waals surface area contributed by atoms with E-state index in [-0.39, 0.29) is 40.1 Å². The van der Waals surface area contributed by atoms with Gasteiger partial charge in [0.05, 0.1) is 24.7 Å². The molecular formula is C21H25ClFN9O2. The Morgan fingerprint density at radius 1 is 1.24 bits per heavy atom. The predicted molar refractivity (Wildman–Crippen MR) is 126 cm³/mol. The molecule has 0 saturated carbocycles. The maximum atomic E-state index is 15.4. The molecule has 3 aromatic rings. The first-order valence-corrected chi connectivity index (χ1v) is 10.9. The second kappa shape index (κ2) is 9.39. The fourth-order valence-corrected chi connectivity index (χ4v) is 4.00. The number of piperazine rings is 1. The van der Waals surface area contributed by atoms with Crippen LogP contribution in [-0.2, 0) is 4.74 Å². The Kier molecular flexibility index (Phi) is 6.53. The van der Waals surface area contributed by atoms with E-state index in [0.29, 0.717) is 24.5 Å². The number of rotatable bonds is 5. The van der Waals surface area contributed by atoms with Crippen LogP contribution in [0.4, 0.5) is 27.3 Å². The molecule has 0 bridgehead atoms. The summed E-state index contributed by atoms with van der Waals surface area (Å²) < 4.78 is 21.2. The molecule has 3 heterocycles. The van der Waals surface area contributed by atoms with Gasteiger partial charge in [-0.2, -0.15) is 0 Å². The first-order valence-electron chi connectivity index (χ1n) is 10.5. The maximum absolute atomic E-state index is 15.4. The Balaban J connectivity index is 1.80. The third-order valence-electron chi connectivity index (χ3n) is 5.99. The van der Waals surface area contributed by atoms with Crippen molar-refractivity contribution in [1.82, 2.24) is 29.9 Å². The second-order valence-corrected chi connectivity index (χ2v) is 8.54. The van der Waals surface area contributed by atoms with Gasteiger partial charge in [0.15, 0.2) is 22.5 Å². The van der Waals surface area contributed by atoms with Crippen molar-refractivity contribution in [2.45, 2.75) is 25.9 Å². The fraction of sp³-hybridized carbons (Fsp3) is 0.381. The average molecular weight is 490 g/mol. The summed E-state index contributed by atoms with van der Waals surface area (Å²) in [4.78, 5) is 24.2. The standard InChI is InChI=1S/C21H25ClFN9O2/c1-11-7-31(8-12(2)30(11)3)17-5-13(23)16(32-9-15(28-29-32)21(33)34-4)6-14(17)27-20-18(24)19(22)25-10-26-20/h5-6,9-12H,7-8,24H2,1-4H3,(H,25,26,27)/t11-,12+. The van der Waals surface area contributed by atoms with E-state index < -0.39 is 11.8 Å². The van der Waals surface area contributed by atoms with Crippen LogP contribution in [0.2, 0.25) is 5.15 Å². The van der Waals surface area contributed by atoms with Crippen molar-refractivity contribution in [2.75, 3.05) is 43.2 Å². The number of ether oxygens (including phenoxy) is 1. The van der Waals surface area contributed by atoms with Gasteiger partial charge in [0.25, 0.3) is 0 Å². The molecule has 1 aromatic carbocycles. The van der Waals surface area contributed by atoms with Crippen LogP contribution >= 0.6 is 11.6 Å². The lowest BCUT2D eigenvalue weighted by Crippen LogP contribution is -2.55. The van der Waals surface area contributed by atoms with Gasteiger partial charge in [0.2, 0.25) is 0 Å². The van der Waals surface area contributed by atoms with E-state index in [1.807, 2.05) is 0 Å². The van der Waals surface area contributed by atoms with Gasteiger partial charge in [-0.25, -0.2) is 23.8 Å². The molecule has 1 saturated heterocycles. The molecule has 1 aliphatic rings. The van der Waals surface area contributed by atoms with Crippen LogP contribution < -0.4 is 16.0 Å². The summed E-state index contributed by atoms with van der Waals surface area (Å²) in [6.07, 6.45) is 2.58. The number of nitrogens with one attached hydrogen (secondary N) is 1. The summed E-state index contributed by atoms with van der Waals surface area (Å²) in [5, 5.41) is 10.9. The minimum Gasteiger partial charge on any atom is -0.464 e. The number of carbonyl (C=O) groups is 1. The highest BCUT2D eigenvalue weighted by Crippen LogP contribution is 2.36. The van der Waals surface area contributed by atoms with Gasteiger partial charge < -0.3 is 20.7 Å². The zero-order valence-electron chi connectivity index (χ0n) is 19.2. The Morgan fingerprint density at radius 3 is 2.62 bits per heavy atom. The van der Waals surface area contributed by atoms with Gasteiger partial charge in [0, 0.05) is 31.2 Å². The molecule has 0 amide bonds. The van der Waals surface area contributed by atoms with Gasteiger partial charge in [-0.15, -0.1) is 5.10 Å². The number of anilines is 4. The number of halogens is 2. The zero-order valence-corrected chi connectivity index (χ0v) is 19.9. The Labute approximate surface area is 200 Å². The van der Waals surface area contributed by atoms with Gasteiger partial charge >= 0.3 is 5.97 Å². The molecule has 3 N–H and O–H groups in total. The third-order valence-corrected chi connectivity index (χ3v) is 6.29. The lowest BCUT2D eigenvalue weighted by atomic mass is 10.1. The smallest absolute Gasteiger partial charge is 0.360 e. The number of nitrogens with two attached hydrogens (primary N) is 1. The quantitative estimate of drug-likeness (QED) is 0.407. The summed E-state index contributed by atoms with van der Waals surface area (Å²) in [6, 6.07) is 3.47. The molecule has 1 aliphatic heterocycles. The largest absolute Gasteiger partial charge is 0.464 e. The number of carbonyl (C=O) groups excluding carboxylic acids is 1. The van der Waals surface area contributed by atoms with Crippen molar-refractivity contribution in [3.63, 3.8) is 0 Å². The van der Waals surface area contributed by atoms with Crippen LogP contribution in [-0.4, -0.2) is 75.2 Å². The molecule has 13 heteroatoms. The minimum atomic E-state index is -0.676. The topological polar surface area (TPSA) is 127 Å². The summed E-state index contributed by atoms with van der Waals surface area (Å²) in [5.41, 5.74) is 7.39. The highest BCUT2D eigenvalue weighted by molar-refractivity contribution is 6.32. The molecule has 1 fully saturated rings. The summed E-state index contributed by atoms with van der Waals surface area (Å²) in [5.74, 6) is -0.942. The predicted octanol–water partition coefficient (Wildman–Crippen LogP) is 2.49. The van der Waals surface area contributed by atoms with Gasteiger partial charge in [0.1, 0.15) is 17.7 Å². The van der Waals surface area contributed by atoms with Gasteiger partial charge in [-0.3, -0.25) is 4.90 Å². The zero-order chi connectivity index (χ0) is 24.6. The van der Waals surface area contributed by atoms with E-state index in [1.165, 1.54) is 30.4 Å². The molecule has 2 aromatic heterocycles. The first kappa shape index (κ1) is 23.6. The average Bonchev–Trinajstić information content (AvgIpc) is 3.30. The molecule has 34 heavy (non-hydrogen) atoms. The molecule has 0 unspecified atom stereocenters. The third kappa shape index (κ3) is 4.46. The molecule has 4 rings (SSSR count). The number of hydrogen-bond acceptors (Lipinski definition) is 10. The van der Waals surface area contributed by atoms with Gasteiger partial charge in [-0.1, -0.05) is 16.8 Å². The minimum absolute atomic E-state index is 0.0472. The van der Waals surface area contributed by atoms with Crippen molar-refractivity contribution >= 4 is 40.5 Å².